The van der Waals surface area contributed by atoms with Crippen LogP contribution in [0.4, 0.5) is 4.79 Å². The van der Waals surface area contributed by atoms with Crippen molar-refractivity contribution in [1.82, 2.24) is 9.62 Å². The minimum absolute atomic E-state index is 0.0886. The van der Waals surface area contributed by atoms with Crippen LogP contribution in [0, 0.1) is 0 Å². The van der Waals surface area contributed by atoms with Crippen LogP contribution in [-0.2, 0) is 19.6 Å². The Kier molecular flexibility index (Phi) is 4.59. The summed E-state index contributed by atoms with van der Waals surface area (Å²) in [4.78, 5) is 24.0. The molecule has 0 radical (unpaired) electrons. The average Bonchev–Trinajstić information content (AvgIpc) is 2.79. The number of sulfonamides is 1. The predicted octanol–water partition coefficient (Wildman–Crippen LogP) is 0.646. The summed E-state index contributed by atoms with van der Waals surface area (Å²) in [7, 11) is -3.48. The highest BCUT2D eigenvalue weighted by Crippen LogP contribution is 2.18. The zero-order valence-corrected chi connectivity index (χ0v) is 12.3. The number of benzene rings is 1. The zero-order chi connectivity index (χ0) is 15.5. The zero-order valence-electron chi connectivity index (χ0n) is 11.5. The molecular formula is C13H16N2O5S. The third-order valence-electron chi connectivity index (χ3n) is 3.11. The van der Waals surface area contributed by atoms with Gasteiger partial charge >= 0.3 is 6.09 Å². The van der Waals surface area contributed by atoms with Gasteiger partial charge in [-0.1, -0.05) is 30.3 Å². The number of rotatable bonds is 6. The summed E-state index contributed by atoms with van der Waals surface area (Å²) in [5.41, 5.74) is 0.669. The Balaban J connectivity index is 2.24. The Morgan fingerprint density at radius 2 is 1.95 bits per heavy atom. The fourth-order valence-electron chi connectivity index (χ4n) is 1.94. The summed E-state index contributed by atoms with van der Waals surface area (Å²) in [6.07, 6.45) is -0.753. The van der Waals surface area contributed by atoms with Gasteiger partial charge in [0, 0.05) is 0 Å². The number of ether oxygens (including phenoxy) is 1. The molecule has 1 aliphatic rings. The smallest absolute Gasteiger partial charge is 0.417 e. The number of carbonyl (C=O) groups excluding carboxylic acids is 2. The molecule has 8 heteroatoms. The first-order chi connectivity index (χ1) is 9.93. The molecule has 1 aromatic carbocycles. The maximum Gasteiger partial charge on any atom is 0.417 e. The topological polar surface area (TPSA) is 92.8 Å². The Morgan fingerprint density at radius 1 is 1.29 bits per heavy atom. The van der Waals surface area contributed by atoms with Crippen molar-refractivity contribution in [3.63, 3.8) is 0 Å². The van der Waals surface area contributed by atoms with Crippen molar-refractivity contribution in [2.45, 2.75) is 13.0 Å². The lowest BCUT2D eigenvalue weighted by Gasteiger charge is -2.22. The van der Waals surface area contributed by atoms with Crippen LogP contribution in [0.2, 0.25) is 0 Å². The molecule has 0 saturated carbocycles. The van der Waals surface area contributed by atoms with E-state index in [4.69, 9.17) is 0 Å². The molecule has 0 aromatic heterocycles. The van der Waals surface area contributed by atoms with E-state index in [2.05, 4.69) is 9.46 Å². The summed E-state index contributed by atoms with van der Waals surface area (Å²) in [6.45, 7) is 1.11. The van der Waals surface area contributed by atoms with Crippen molar-refractivity contribution in [1.29, 1.82) is 0 Å². The molecule has 1 atom stereocenters. The van der Waals surface area contributed by atoms with Gasteiger partial charge in [-0.15, -0.1) is 0 Å². The van der Waals surface area contributed by atoms with E-state index in [1.807, 2.05) is 0 Å². The van der Waals surface area contributed by atoms with Crippen LogP contribution in [0.25, 0.3) is 0 Å². The molecule has 7 nitrogen and oxygen atoms in total. The third-order valence-corrected chi connectivity index (χ3v) is 4.51. The minimum atomic E-state index is -3.48. The van der Waals surface area contributed by atoms with Crippen molar-refractivity contribution in [2.24, 2.45) is 0 Å². The average molecular weight is 312 g/mol. The van der Waals surface area contributed by atoms with E-state index in [1.54, 1.807) is 30.3 Å². The van der Waals surface area contributed by atoms with E-state index in [0.717, 1.165) is 4.90 Å². The van der Waals surface area contributed by atoms with Gasteiger partial charge < -0.3 is 4.74 Å². The minimum Gasteiger partial charge on any atom is -0.439 e. The molecule has 1 N–H and O–H groups in total. The molecule has 0 bridgehead atoms. The second-order valence-electron chi connectivity index (χ2n) is 4.54. The van der Waals surface area contributed by atoms with E-state index in [0.29, 0.717) is 5.56 Å². The van der Waals surface area contributed by atoms with Gasteiger partial charge in [-0.3, -0.25) is 4.79 Å². The summed E-state index contributed by atoms with van der Waals surface area (Å²) in [5, 5.41) is 0. The van der Waals surface area contributed by atoms with Crippen molar-refractivity contribution < 1.29 is 22.7 Å². The first kappa shape index (κ1) is 15.5. The van der Waals surface area contributed by atoms with Crippen molar-refractivity contribution in [2.75, 3.05) is 18.9 Å². The number of hydrogen-bond donors (Lipinski definition) is 1. The highest BCUT2D eigenvalue weighted by Gasteiger charge is 2.34. The van der Waals surface area contributed by atoms with Gasteiger partial charge in [0.2, 0.25) is 10.0 Å². The Labute approximate surface area is 122 Å². The van der Waals surface area contributed by atoms with Gasteiger partial charge in [0.25, 0.3) is 5.91 Å². The molecule has 2 rings (SSSR count). The van der Waals surface area contributed by atoms with Gasteiger partial charge in [-0.25, -0.2) is 22.8 Å². The van der Waals surface area contributed by atoms with Crippen molar-refractivity contribution in [3.8, 4) is 0 Å². The maximum absolute atomic E-state index is 11.8. The van der Waals surface area contributed by atoms with Gasteiger partial charge in [-0.05, 0) is 12.5 Å². The lowest BCUT2D eigenvalue weighted by atomic mass is 10.1. The molecule has 21 heavy (non-hydrogen) atoms. The van der Waals surface area contributed by atoms with E-state index < -0.39 is 28.1 Å². The number of nitrogens with one attached hydrogen (secondary N) is 1. The number of imide groups is 1. The van der Waals surface area contributed by atoms with Gasteiger partial charge in [0.15, 0.2) is 6.61 Å². The Hall–Kier alpha value is -1.93. The van der Waals surface area contributed by atoms with Gasteiger partial charge in [0.1, 0.15) is 0 Å². The molecule has 1 aliphatic heterocycles. The Bertz CT molecular complexity index is 613. The standard InChI is InChI=1S/C13H16N2O5S/c1-2-21(18,19)14-11(10-6-4-3-5-7-10)8-15-12(16)9-20-13(15)17/h3-7,11,14H,2,8-9H2,1H3. The lowest BCUT2D eigenvalue weighted by Crippen LogP contribution is -2.40. The number of cyclic esters (lactones) is 1. The third kappa shape index (κ3) is 3.79. The van der Waals surface area contributed by atoms with Gasteiger partial charge in [0.05, 0.1) is 18.3 Å². The van der Waals surface area contributed by atoms with Crippen LogP contribution in [0.15, 0.2) is 30.3 Å². The normalized spacial score (nSPS) is 16.9. The van der Waals surface area contributed by atoms with E-state index in [9.17, 15) is 18.0 Å². The SMILES string of the molecule is CCS(=O)(=O)NC(CN1C(=O)COC1=O)c1ccccc1. The number of amides is 2. The van der Waals surface area contributed by atoms with E-state index >= 15 is 0 Å². The summed E-state index contributed by atoms with van der Waals surface area (Å²) >= 11 is 0. The highest BCUT2D eigenvalue weighted by molar-refractivity contribution is 7.89. The van der Waals surface area contributed by atoms with Crippen LogP contribution < -0.4 is 4.72 Å². The summed E-state index contributed by atoms with van der Waals surface area (Å²) in [6, 6.07) is 8.07. The molecule has 1 fully saturated rings. The molecule has 1 saturated heterocycles. The molecule has 114 valence electrons. The molecule has 0 spiro atoms. The van der Waals surface area contributed by atoms with Crippen molar-refractivity contribution in [3.05, 3.63) is 35.9 Å². The second-order valence-corrected chi connectivity index (χ2v) is 6.59. The van der Waals surface area contributed by atoms with Crippen molar-refractivity contribution >= 4 is 22.0 Å². The quantitative estimate of drug-likeness (QED) is 0.832. The molecule has 1 aromatic rings. The molecule has 0 aliphatic carbocycles. The summed E-state index contributed by atoms with van der Waals surface area (Å²) < 4.78 is 30.7. The van der Waals surface area contributed by atoms with E-state index in [-0.39, 0.29) is 18.9 Å². The predicted molar refractivity (Wildman–Crippen MR) is 74.8 cm³/mol. The number of carbonyl (C=O) groups is 2. The lowest BCUT2D eigenvalue weighted by molar-refractivity contribution is -0.126. The summed E-state index contributed by atoms with van der Waals surface area (Å²) in [5.74, 6) is -0.564. The molecule has 2 amide bonds. The van der Waals surface area contributed by atoms with Crippen LogP contribution in [0.5, 0.6) is 0 Å². The highest BCUT2D eigenvalue weighted by atomic mass is 32.2. The fourth-order valence-corrected chi connectivity index (χ4v) is 2.75. The first-order valence-corrected chi connectivity index (χ1v) is 8.10. The monoisotopic (exact) mass is 312 g/mol. The molecular weight excluding hydrogens is 296 g/mol. The largest absolute Gasteiger partial charge is 0.439 e. The molecule has 1 heterocycles. The molecule has 1 unspecified atom stereocenters. The number of hydrogen-bond acceptors (Lipinski definition) is 5. The van der Waals surface area contributed by atoms with Crippen LogP contribution >= 0.6 is 0 Å². The van der Waals surface area contributed by atoms with Crippen LogP contribution in [0.3, 0.4) is 0 Å². The first-order valence-electron chi connectivity index (χ1n) is 6.45. The maximum atomic E-state index is 11.8. The van der Waals surface area contributed by atoms with Crippen LogP contribution in [0.1, 0.15) is 18.5 Å². The van der Waals surface area contributed by atoms with Crippen LogP contribution in [-0.4, -0.2) is 44.2 Å². The second kappa shape index (κ2) is 6.23. The van der Waals surface area contributed by atoms with E-state index in [1.165, 1.54) is 6.92 Å². The fraction of sp³-hybridized carbons (Fsp3) is 0.385. The number of nitrogens with zero attached hydrogens (tertiary/aromatic N) is 1. The van der Waals surface area contributed by atoms with Gasteiger partial charge in [-0.2, -0.15) is 0 Å². The Morgan fingerprint density at radius 3 is 2.48 bits per heavy atom.